The number of nitrogens with zero attached hydrogens (tertiary/aromatic N) is 3. The van der Waals surface area contributed by atoms with Gasteiger partial charge in [0.15, 0.2) is 0 Å². The Hall–Kier alpha value is -2.02. The number of amides is 1. The Labute approximate surface area is 132 Å². The molecule has 1 aliphatic carbocycles. The molecule has 0 atom stereocenters. The van der Waals surface area contributed by atoms with E-state index in [1.54, 1.807) is 18.5 Å². The van der Waals surface area contributed by atoms with E-state index in [2.05, 4.69) is 15.4 Å². The second-order valence-electron chi connectivity index (χ2n) is 5.41. The summed E-state index contributed by atoms with van der Waals surface area (Å²) in [5, 5.41) is 7.25. The van der Waals surface area contributed by atoms with Crippen LogP contribution in [-0.2, 0) is 19.4 Å². The predicted octanol–water partition coefficient (Wildman–Crippen LogP) is 1.32. The zero-order chi connectivity index (χ0) is 15.5. The Morgan fingerprint density at radius 1 is 1.41 bits per heavy atom. The lowest BCUT2D eigenvalue weighted by Gasteiger charge is -2.15. The standard InChI is InChI=1S/C15H18N4O2S/c1-10-14(22-9-17-10)15(21)16-6-7-19-13(20)8-11-4-2-3-5-12(11)18-19/h8-9H,2-7H2,1H3,(H,16,21). The molecule has 0 unspecified atom stereocenters. The lowest BCUT2D eigenvalue weighted by molar-refractivity contribution is 0.0955. The van der Waals surface area contributed by atoms with Crippen molar-refractivity contribution in [2.45, 2.75) is 39.2 Å². The van der Waals surface area contributed by atoms with Crippen LogP contribution in [0.15, 0.2) is 16.4 Å². The van der Waals surface area contributed by atoms with Crippen LogP contribution in [0.1, 0.15) is 39.5 Å². The second kappa shape index (κ2) is 6.39. The fraction of sp³-hybridized carbons (Fsp3) is 0.467. The number of carbonyl (C=O) groups excluding carboxylic acids is 1. The highest BCUT2D eigenvalue weighted by Gasteiger charge is 2.14. The topological polar surface area (TPSA) is 76.9 Å². The molecule has 0 spiro atoms. The first-order chi connectivity index (χ1) is 10.6. The Morgan fingerprint density at radius 3 is 3.00 bits per heavy atom. The van der Waals surface area contributed by atoms with Crippen molar-refractivity contribution in [2.75, 3.05) is 6.54 Å². The Morgan fingerprint density at radius 2 is 2.23 bits per heavy atom. The lowest BCUT2D eigenvalue weighted by Crippen LogP contribution is -2.33. The summed E-state index contributed by atoms with van der Waals surface area (Å²) >= 11 is 1.32. The first-order valence-electron chi connectivity index (χ1n) is 7.43. The van der Waals surface area contributed by atoms with Crippen molar-refractivity contribution < 1.29 is 4.79 Å². The third kappa shape index (κ3) is 3.09. The molecule has 1 amide bonds. The van der Waals surface area contributed by atoms with Crippen molar-refractivity contribution in [3.63, 3.8) is 0 Å². The Kier molecular flexibility index (Phi) is 4.33. The van der Waals surface area contributed by atoms with Crippen LogP contribution in [0.5, 0.6) is 0 Å². The molecule has 0 aromatic carbocycles. The third-order valence-corrected chi connectivity index (χ3v) is 4.76. The van der Waals surface area contributed by atoms with E-state index in [9.17, 15) is 9.59 Å². The van der Waals surface area contributed by atoms with E-state index in [-0.39, 0.29) is 11.5 Å². The summed E-state index contributed by atoms with van der Waals surface area (Å²) in [5.74, 6) is -0.147. The van der Waals surface area contributed by atoms with Gasteiger partial charge in [-0.1, -0.05) is 0 Å². The molecule has 6 nitrogen and oxygen atoms in total. The molecule has 0 saturated carbocycles. The van der Waals surface area contributed by atoms with Gasteiger partial charge in [0.1, 0.15) is 4.88 Å². The van der Waals surface area contributed by atoms with Crippen LogP contribution in [0.3, 0.4) is 0 Å². The summed E-state index contributed by atoms with van der Waals surface area (Å²) in [4.78, 5) is 28.7. The molecule has 0 fully saturated rings. The number of aromatic nitrogens is 3. The SMILES string of the molecule is Cc1ncsc1C(=O)NCCn1nc2c(cc1=O)CCCC2. The zero-order valence-electron chi connectivity index (χ0n) is 12.5. The van der Waals surface area contributed by atoms with Crippen molar-refractivity contribution in [1.82, 2.24) is 20.1 Å². The highest BCUT2D eigenvalue weighted by molar-refractivity contribution is 7.11. The molecule has 3 rings (SSSR count). The highest BCUT2D eigenvalue weighted by atomic mass is 32.1. The number of rotatable bonds is 4. The first kappa shape index (κ1) is 14.9. The van der Waals surface area contributed by atoms with Gasteiger partial charge >= 0.3 is 0 Å². The van der Waals surface area contributed by atoms with Gasteiger partial charge in [-0.15, -0.1) is 11.3 Å². The maximum atomic E-state index is 12.0. The summed E-state index contributed by atoms with van der Waals surface area (Å²) in [6.07, 6.45) is 4.13. The van der Waals surface area contributed by atoms with E-state index in [4.69, 9.17) is 0 Å². The maximum absolute atomic E-state index is 12.0. The molecule has 7 heteroatoms. The van der Waals surface area contributed by atoms with E-state index in [0.717, 1.165) is 42.6 Å². The van der Waals surface area contributed by atoms with E-state index in [1.807, 2.05) is 0 Å². The molecule has 0 aliphatic heterocycles. The van der Waals surface area contributed by atoms with Gasteiger partial charge in [-0.3, -0.25) is 9.59 Å². The molecule has 0 radical (unpaired) electrons. The van der Waals surface area contributed by atoms with Crippen molar-refractivity contribution in [2.24, 2.45) is 0 Å². The molecule has 22 heavy (non-hydrogen) atoms. The largest absolute Gasteiger partial charge is 0.349 e. The first-order valence-corrected chi connectivity index (χ1v) is 8.31. The van der Waals surface area contributed by atoms with Gasteiger partial charge in [0.05, 0.1) is 23.4 Å². The number of hydrogen-bond acceptors (Lipinski definition) is 5. The number of thiazole rings is 1. The van der Waals surface area contributed by atoms with Gasteiger partial charge in [-0.2, -0.15) is 5.10 Å². The molecule has 116 valence electrons. The average Bonchev–Trinajstić information content (AvgIpc) is 2.94. The van der Waals surface area contributed by atoms with Crippen LogP contribution in [-0.4, -0.2) is 27.2 Å². The van der Waals surface area contributed by atoms with Crippen LogP contribution in [0.25, 0.3) is 0 Å². The van der Waals surface area contributed by atoms with Crippen LogP contribution in [0.4, 0.5) is 0 Å². The molecule has 2 aromatic rings. The van der Waals surface area contributed by atoms with Crippen LogP contribution in [0, 0.1) is 6.92 Å². The fourth-order valence-corrected chi connectivity index (χ4v) is 3.36. The normalized spacial score (nSPS) is 13.7. The third-order valence-electron chi connectivity index (χ3n) is 3.83. The number of fused-ring (bicyclic) bond motifs is 1. The van der Waals surface area contributed by atoms with Gasteiger partial charge in [0.2, 0.25) is 0 Å². The Bertz CT molecular complexity index is 750. The van der Waals surface area contributed by atoms with Gasteiger partial charge < -0.3 is 5.32 Å². The van der Waals surface area contributed by atoms with E-state index in [0.29, 0.717) is 18.0 Å². The van der Waals surface area contributed by atoms with Crippen LogP contribution < -0.4 is 10.9 Å². The average molecular weight is 318 g/mol. The van der Waals surface area contributed by atoms with Crippen molar-refractivity contribution in [3.05, 3.63) is 43.8 Å². The fourth-order valence-electron chi connectivity index (χ4n) is 2.64. The number of carbonyl (C=O) groups is 1. The zero-order valence-corrected chi connectivity index (χ0v) is 13.3. The predicted molar refractivity (Wildman–Crippen MR) is 84.3 cm³/mol. The van der Waals surface area contributed by atoms with E-state index in [1.165, 1.54) is 16.0 Å². The van der Waals surface area contributed by atoms with Gasteiger partial charge in [0.25, 0.3) is 11.5 Å². The van der Waals surface area contributed by atoms with Crippen LogP contribution in [0.2, 0.25) is 0 Å². The van der Waals surface area contributed by atoms with Crippen molar-refractivity contribution >= 4 is 17.2 Å². The quantitative estimate of drug-likeness (QED) is 0.922. The summed E-state index contributed by atoms with van der Waals surface area (Å²) in [6.45, 7) is 2.57. The monoisotopic (exact) mass is 318 g/mol. The molecule has 0 saturated heterocycles. The van der Waals surface area contributed by atoms with Gasteiger partial charge in [-0.25, -0.2) is 9.67 Å². The number of aryl methyl sites for hydroxylation is 3. The molecular weight excluding hydrogens is 300 g/mol. The summed E-state index contributed by atoms with van der Waals surface area (Å²) in [6, 6.07) is 1.69. The second-order valence-corrected chi connectivity index (χ2v) is 6.26. The van der Waals surface area contributed by atoms with Gasteiger partial charge in [0, 0.05) is 12.6 Å². The summed E-state index contributed by atoms with van der Waals surface area (Å²) in [5.41, 5.74) is 4.39. The van der Waals surface area contributed by atoms with Gasteiger partial charge in [-0.05, 0) is 38.2 Å². The lowest BCUT2D eigenvalue weighted by atomic mass is 9.97. The van der Waals surface area contributed by atoms with Crippen molar-refractivity contribution in [3.8, 4) is 0 Å². The van der Waals surface area contributed by atoms with E-state index < -0.39 is 0 Å². The summed E-state index contributed by atoms with van der Waals surface area (Å²) < 4.78 is 1.45. The highest BCUT2D eigenvalue weighted by Crippen LogP contribution is 2.16. The molecule has 2 heterocycles. The minimum Gasteiger partial charge on any atom is -0.349 e. The van der Waals surface area contributed by atoms with Crippen molar-refractivity contribution in [1.29, 1.82) is 0 Å². The smallest absolute Gasteiger partial charge is 0.267 e. The minimum absolute atomic E-state index is 0.0936. The summed E-state index contributed by atoms with van der Waals surface area (Å²) in [7, 11) is 0. The molecule has 1 N–H and O–H groups in total. The number of nitrogens with one attached hydrogen (secondary N) is 1. The molecule has 0 bridgehead atoms. The molecule has 1 aliphatic rings. The number of hydrogen-bond donors (Lipinski definition) is 1. The molecule has 2 aromatic heterocycles. The minimum atomic E-state index is -0.147. The Balaban J connectivity index is 1.63. The maximum Gasteiger partial charge on any atom is 0.267 e. The van der Waals surface area contributed by atoms with E-state index >= 15 is 0 Å². The van der Waals surface area contributed by atoms with Crippen LogP contribution >= 0.6 is 11.3 Å². The molecular formula is C15H18N4O2S.